The number of carbonyl (C=O) groups is 2. The van der Waals surface area contributed by atoms with Crippen molar-refractivity contribution in [2.45, 2.75) is 52.6 Å². The van der Waals surface area contributed by atoms with E-state index in [2.05, 4.69) is 4.57 Å². The van der Waals surface area contributed by atoms with Crippen LogP contribution in [0.15, 0.2) is 97.1 Å². The lowest BCUT2D eigenvalue weighted by molar-refractivity contribution is -0.137. The predicted molar refractivity (Wildman–Crippen MR) is 180 cm³/mol. The van der Waals surface area contributed by atoms with Crippen LogP contribution in [0.3, 0.4) is 0 Å². The Morgan fingerprint density at radius 3 is 1.67 bits per heavy atom. The molecule has 0 aliphatic rings. The number of aromatic nitrogens is 2. The fourth-order valence-electron chi connectivity index (χ4n) is 6.37. The Bertz CT molecular complexity index is 1990. The third-order valence-corrected chi connectivity index (χ3v) is 8.25. The summed E-state index contributed by atoms with van der Waals surface area (Å²) in [7, 11) is 0. The summed E-state index contributed by atoms with van der Waals surface area (Å²) < 4.78 is 4.15. The van der Waals surface area contributed by atoms with E-state index in [-0.39, 0.29) is 24.3 Å². The summed E-state index contributed by atoms with van der Waals surface area (Å²) in [6.45, 7) is 5.31. The zero-order valence-corrected chi connectivity index (χ0v) is 26.0. The molecule has 0 amide bonds. The Morgan fingerprint density at radius 1 is 0.609 bits per heavy atom. The molecule has 6 aromatic rings. The molecular formula is C38H38N2O6. The topological polar surface area (TPSA) is 125 Å². The average Bonchev–Trinajstić information content (AvgIpc) is 3.48. The number of nitrogens with zero attached hydrogens (tertiary/aromatic N) is 2. The Balaban J connectivity index is 0.000000181. The molecule has 0 saturated carbocycles. The monoisotopic (exact) mass is 618 g/mol. The molecule has 8 nitrogen and oxygen atoms in total. The van der Waals surface area contributed by atoms with Crippen LogP contribution in [-0.2, 0) is 48.4 Å². The standard InChI is InChI=1S/2C19H19NO3/c1-2-16-15(11-18(22)23)14-9-6-10-17(21)19(14)20(16)12-13-7-4-3-5-8-13;1-2-17-16(11-19(22)23)15-9-8-14(21)10-18(15)20(17)12-13-6-4-3-5-7-13/h2*3-10,21H,2,11-12H2,1H3,(H,22,23). The molecule has 236 valence electrons. The molecule has 4 aromatic carbocycles. The Morgan fingerprint density at radius 2 is 1.13 bits per heavy atom. The number of para-hydroxylation sites is 1. The zero-order chi connectivity index (χ0) is 32.8. The summed E-state index contributed by atoms with van der Waals surface area (Å²) in [4.78, 5) is 22.5. The Labute approximate surface area is 267 Å². The number of hydrogen-bond donors (Lipinski definition) is 4. The van der Waals surface area contributed by atoms with E-state index in [1.807, 2.05) is 91.2 Å². The first-order chi connectivity index (χ1) is 22.2. The normalized spacial score (nSPS) is 11.0. The number of carboxylic acids is 2. The minimum absolute atomic E-state index is 0.00770. The summed E-state index contributed by atoms with van der Waals surface area (Å²) in [6.07, 6.45) is 1.41. The number of aromatic hydroxyl groups is 2. The van der Waals surface area contributed by atoms with Crippen LogP contribution in [0.25, 0.3) is 21.8 Å². The van der Waals surface area contributed by atoms with Crippen LogP contribution in [0.1, 0.15) is 47.5 Å². The van der Waals surface area contributed by atoms with E-state index >= 15 is 0 Å². The second-order valence-electron chi connectivity index (χ2n) is 11.2. The van der Waals surface area contributed by atoms with E-state index in [4.69, 9.17) is 0 Å². The first-order valence-corrected chi connectivity index (χ1v) is 15.4. The lowest BCUT2D eigenvalue weighted by Gasteiger charge is -2.11. The van der Waals surface area contributed by atoms with Gasteiger partial charge in [0.05, 0.1) is 23.9 Å². The first-order valence-electron chi connectivity index (χ1n) is 15.4. The SMILES string of the molecule is CCc1c(CC(=O)O)c2ccc(O)cc2n1Cc1ccccc1.CCc1c(CC(=O)O)c2cccc(O)c2n1Cc1ccccc1. The van der Waals surface area contributed by atoms with Crippen LogP contribution in [0.2, 0.25) is 0 Å². The molecule has 0 fully saturated rings. The van der Waals surface area contributed by atoms with Crippen LogP contribution in [0.5, 0.6) is 11.5 Å². The average molecular weight is 619 g/mol. The lowest BCUT2D eigenvalue weighted by Crippen LogP contribution is -2.07. The predicted octanol–water partition coefficient (Wildman–Crippen LogP) is 7.17. The highest BCUT2D eigenvalue weighted by Crippen LogP contribution is 2.34. The van der Waals surface area contributed by atoms with E-state index in [1.165, 1.54) is 0 Å². The van der Waals surface area contributed by atoms with Crippen LogP contribution in [-0.4, -0.2) is 41.5 Å². The van der Waals surface area contributed by atoms with Crippen molar-refractivity contribution in [2.24, 2.45) is 0 Å². The van der Waals surface area contributed by atoms with E-state index in [0.717, 1.165) is 56.4 Å². The molecule has 0 atom stereocenters. The van der Waals surface area contributed by atoms with Gasteiger partial charge in [-0.15, -0.1) is 0 Å². The molecule has 2 heterocycles. The quantitative estimate of drug-likeness (QED) is 0.129. The van der Waals surface area contributed by atoms with Gasteiger partial charge in [-0.1, -0.05) is 86.6 Å². The van der Waals surface area contributed by atoms with Gasteiger partial charge in [0.2, 0.25) is 0 Å². The third-order valence-electron chi connectivity index (χ3n) is 8.25. The van der Waals surface area contributed by atoms with Crippen molar-refractivity contribution >= 4 is 33.7 Å². The van der Waals surface area contributed by atoms with Gasteiger partial charge in [0, 0.05) is 41.3 Å². The summed E-state index contributed by atoms with van der Waals surface area (Å²) in [6, 6.07) is 30.4. The van der Waals surface area contributed by atoms with Gasteiger partial charge >= 0.3 is 11.9 Å². The number of phenolic OH excluding ortho intramolecular Hbond substituents is 2. The smallest absolute Gasteiger partial charge is 0.307 e. The summed E-state index contributed by atoms with van der Waals surface area (Å²) in [5.74, 6) is -1.33. The minimum atomic E-state index is -0.859. The van der Waals surface area contributed by atoms with Gasteiger partial charge in [-0.25, -0.2) is 0 Å². The molecule has 0 aliphatic heterocycles. The van der Waals surface area contributed by atoms with Crippen molar-refractivity contribution in [3.8, 4) is 11.5 Å². The fraction of sp³-hybridized carbons (Fsp3) is 0.211. The van der Waals surface area contributed by atoms with Crippen LogP contribution in [0.4, 0.5) is 0 Å². The van der Waals surface area contributed by atoms with Gasteiger partial charge in [-0.05, 0) is 53.3 Å². The first kappa shape index (κ1) is 31.9. The van der Waals surface area contributed by atoms with Crippen LogP contribution < -0.4 is 0 Å². The van der Waals surface area contributed by atoms with Gasteiger partial charge in [-0.2, -0.15) is 0 Å². The van der Waals surface area contributed by atoms with Gasteiger partial charge < -0.3 is 29.6 Å². The molecule has 46 heavy (non-hydrogen) atoms. The van der Waals surface area contributed by atoms with Crippen molar-refractivity contribution in [3.63, 3.8) is 0 Å². The molecule has 4 N–H and O–H groups in total. The van der Waals surface area contributed by atoms with Crippen molar-refractivity contribution in [2.75, 3.05) is 0 Å². The second-order valence-corrected chi connectivity index (χ2v) is 11.2. The van der Waals surface area contributed by atoms with Crippen LogP contribution >= 0.6 is 0 Å². The van der Waals surface area contributed by atoms with E-state index in [1.54, 1.807) is 24.3 Å². The molecule has 0 aliphatic carbocycles. The summed E-state index contributed by atoms with van der Waals surface area (Å²) >= 11 is 0. The highest BCUT2D eigenvalue weighted by molar-refractivity contribution is 5.93. The molecule has 0 bridgehead atoms. The highest BCUT2D eigenvalue weighted by atomic mass is 16.4. The number of fused-ring (bicyclic) bond motifs is 2. The lowest BCUT2D eigenvalue weighted by atomic mass is 10.1. The molecule has 2 aromatic heterocycles. The van der Waals surface area contributed by atoms with Gasteiger partial charge in [0.15, 0.2) is 0 Å². The third kappa shape index (κ3) is 6.76. The highest BCUT2D eigenvalue weighted by Gasteiger charge is 2.21. The largest absolute Gasteiger partial charge is 0.508 e. The van der Waals surface area contributed by atoms with E-state index < -0.39 is 11.9 Å². The number of phenols is 2. The number of aliphatic carboxylic acids is 2. The van der Waals surface area contributed by atoms with E-state index in [9.17, 15) is 30.0 Å². The number of carboxylic acid groups (broad SMARTS) is 2. The maximum Gasteiger partial charge on any atom is 0.307 e. The van der Waals surface area contributed by atoms with Gasteiger partial charge in [0.1, 0.15) is 11.5 Å². The Hall–Kier alpha value is -5.50. The maximum atomic E-state index is 11.3. The summed E-state index contributed by atoms with van der Waals surface area (Å²) in [5.41, 5.74) is 7.46. The number of hydrogen-bond acceptors (Lipinski definition) is 4. The summed E-state index contributed by atoms with van der Waals surface area (Å²) in [5, 5.41) is 40.4. The van der Waals surface area contributed by atoms with E-state index in [0.29, 0.717) is 25.0 Å². The fourth-order valence-corrected chi connectivity index (χ4v) is 6.37. The number of rotatable bonds is 10. The van der Waals surface area contributed by atoms with Crippen LogP contribution in [0, 0.1) is 0 Å². The minimum Gasteiger partial charge on any atom is -0.508 e. The van der Waals surface area contributed by atoms with Gasteiger partial charge in [0.25, 0.3) is 0 Å². The van der Waals surface area contributed by atoms with Crippen molar-refractivity contribution < 1.29 is 30.0 Å². The molecule has 0 saturated heterocycles. The second kappa shape index (κ2) is 14.1. The van der Waals surface area contributed by atoms with Gasteiger partial charge in [-0.3, -0.25) is 9.59 Å². The Kier molecular flexibility index (Phi) is 9.76. The molecule has 0 spiro atoms. The van der Waals surface area contributed by atoms with Crippen molar-refractivity contribution in [1.82, 2.24) is 9.13 Å². The zero-order valence-electron chi connectivity index (χ0n) is 26.0. The molecular weight excluding hydrogens is 580 g/mol. The molecule has 8 heteroatoms. The maximum absolute atomic E-state index is 11.3. The molecule has 0 radical (unpaired) electrons. The van der Waals surface area contributed by atoms with Crippen molar-refractivity contribution in [3.05, 3.63) is 131 Å². The van der Waals surface area contributed by atoms with Crippen molar-refractivity contribution in [1.29, 1.82) is 0 Å². The molecule has 0 unspecified atom stereocenters. The molecule has 6 rings (SSSR count). The number of benzene rings is 4.